The molecule has 1 amide bonds. The Kier molecular flexibility index (Phi) is 11.8. The fourth-order valence-electron chi connectivity index (χ4n) is 2.16. The third-order valence-corrected chi connectivity index (χ3v) is 3.36. The van der Waals surface area contributed by atoms with Crippen molar-refractivity contribution in [2.75, 3.05) is 33.9 Å². The summed E-state index contributed by atoms with van der Waals surface area (Å²) in [5, 5.41) is 2.44. The summed E-state index contributed by atoms with van der Waals surface area (Å²) in [4.78, 5) is 13.3. The Morgan fingerprint density at radius 3 is 2.39 bits per heavy atom. The van der Waals surface area contributed by atoms with Crippen LogP contribution in [0.25, 0.3) is 0 Å². The molecule has 1 aromatic rings. The maximum Gasteiger partial charge on any atom is 0.406 e. The Hall–Kier alpha value is -1.75. The lowest BCUT2D eigenvalue weighted by Crippen LogP contribution is -2.32. The largest absolute Gasteiger partial charge is 0.496 e. The topological polar surface area (TPSA) is 50.8 Å². The SMILES string of the molecule is CCC.CCN(CCOC(=O)NC)[C@@H](C)c1ccccc1OC. The van der Waals surface area contributed by atoms with Crippen LogP contribution < -0.4 is 10.1 Å². The van der Waals surface area contributed by atoms with E-state index in [2.05, 4.69) is 44.0 Å². The zero-order valence-corrected chi connectivity index (χ0v) is 15.4. The second-order valence-electron chi connectivity index (χ2n) is 5.14. The minimum Gasteiger partial charge on any atom is -0.496 e. The number of amides is 1. The van der Waals surface area contributed by atoms with Crippen LogP contribution in [-0.2, 0) is 4.74 Å². The van der Waals surface area contributed by atoms with Crippen LogP contribution in [0.2, 0.25) is 0 Å². The van der Waals surface area contributed by atoms with Gasteiger partial charge in [-0.25, -0.2) is 4.79 Å². The number of carbonyl (C=O) groups excluding carboxylic acids is 1. The first-order chi connectivity index (χ1) is 11.0. The first-order valence-electron chi connectivity index (χ1n) is 8.26. The van der Waals surface area contributed by atoms with Gasteiger partial charge in [0, 0.05) is 25.2 Å². The van der Waals surface area contributed by atoms with Gasteiger partial charge in [0.2, 0.25) is 0 Å². The van der Waals surface area contributed by atoms with Crippen LogP contribution in [0.4, 0.5) is 4.79 Å². The molecule has 1 aromatic carbocycles. The number of nitrogens with zero attached hydrogens (tertiary/aromatic N) is 1. The van der Waals surface area contributed by atoms with E-state index in [0.717, 1.165) is 17.9 Å². The van der Waals surface area contributed by atoms with Crippen LogP contribution in [0.3, 0.4) is 0 Å². The van der Waals surface area contributed by atoms with Gasteiger partial charge in [0.05, 0.1) is 7.11 Å². The molecule has 5 nitrogen and oxygen atoms in total. The molecule has 0 heterocycles. The second kappa shape index (κ2) is 12.8. The third-order valence-electron chi connectivity index (χ3n) is 3.36. The molecule has 0 unspecified atom stereocenters. The zero-order valence-electron chi connectivity index (χ0n) is 15.4. The number of alkyl carbamates (subject to hydrolysis) is 1. The Morgan fingerprint density at radius 2 is 1.87 bits per heavy atom. The summed E-state index contributed by atoms with van der Waals surface area (Å²) in [6.07, 6.45) is 0.853. The smallest absolute Gasteiger partial charge is 0.406 e. The minimum atomic E-state index is -0.397. The Labute approximate surface area is 141 Å². The van der Waals surface area contributed by atoms with Gasteiger partial charge < -0.3 is 14.8 Å². The van der Waals surface area contributed by atoms with Gasteiger partial charge in [-0.15, -0.1) is 0 Å². The van der Waals surface area contributed by atoms with Crippen LogP contribution in [0.1, 0.15) is 45.7 Å². The second-order valence-corrected chi connectivity index (χ2v) is 5.14. The summed E-state index contributed by atoms with van der Waals surface area (Å²) in [5.41, 5.74) is 1.14. The number of likely N-dealkylation sites (N-methyl/N-ethyl adjacent to an activating group) is 1. The van der Waals surface area contributed by atoms with E-state index in [4.69, 9.17) is 9.47 Å². The summed E-state index contributed by atoms with van der Waals surface area (Å²) < 4.78 is 10.4. The first-order valence-corrected chi connectivity index (χ1v) is 8.26. The maximum atomic E-state index is 11.1. The standard InChI is InChI=1S/C15H24N2O3.C3H8/c1-5-17(10-11-20-15(18)16-3)12(2)13-8-6-7-9-14(13)19-4;1-3-2/h6-9,12H,5,10-11H2,1-4H3,(H,16,18);3H2,1-2H3/t12-;/m0./s1. The molecular weight excluding hydrogens is 292 g/mol. The van der Waals surface area contributed by atoms with Crippen molar-refractivity contribution in [3.63, 3.8) is 0 Å². The molecule has 0 radical (unpaired) electrons. The molecule has 1 N–H and O–H groups in total. The highest BCUT2D eigenvalue weighted by Crippen LogP contribution is 2.28. The van der Waals surface area contributed by atoms with Gasteiger partial charge in [-0.2, -0.15) is 0 Å². The molecular formula is C18H32N2O3. The lowest BCUT2D eigenvalue weighted by atomic mass is 10.1. The highest BCUT2D eigenvalue weighted by Gasteiger charge is 2.17. The number of hydrogen-bond donors (Lipinski definition) is 1. The van der Waals surface area contributed by atoms with Crippen molar-refractivity contribution in [3.05, 3.63) is 29.8 Å². The predicted octanol–water partition coefficient (Wildman–Crippen LogP) is 3.85. The van der Waals surface area contributed by atoms with Crippen molar-refractivity contribution in [3.8, 4) is 5.75 Å². The molecule has 0 saturated carbocycles. The minimum absolute atomic E-state index is 0.199. The van der Waals surface area contributed by atoms with E-state index in [1.54, 1.807) is 14.2 Å². The van der Waals surface area contributed by atoms with Gasteiger partial charge in [-0.3, -0.25) is 4.90 Å². The molecule has 0 aliphatic heterocycles. The molecule has 0 spiro atoms. The van der Waals surface area contributed by atoms with Crippen molar-refractivity contribution < 1.29 is 14.3 Å². The van der Waals surface area contributed by atoms with Gasteiger partial charge >= 0.3 is 6.09 Å². The average molecular weight is 324 g/mol. The average Bonchev–Trinajstić information content (AvgIpc) is 2.58. The number of para-hydroxylation sites is 1. The molecule has 0 bridgehead atoms. The van der Waals surface area contributed by atoms with Crippen molar-refractivity contribution in [2.45, 2.75) is 40.2 Å². The summed E-state index contributed by atoms with van der Waals surface area (Å²) in [6, 6.07) is 8.18. The summed E-state index contributed by atoms with van der Waals surface area (Å²) in [6.45, 7) is 10.4. The molecule has 0 fully saturated rings. The van der Waals surface area contributed by atoms with Crippen molar-refractivity contribution >= 4 is 6.09 Å². The maximum absolute atomic E-state index is 11.1. The third kappa shape index (κ3) is 7.88. The van der Waals surface area contributed by atoms with Gasteiger partial charge in [0.25, 0.3) is 0 Å². The number of benzene rings is 1. The van der Waals surface area contributed by atoms with Crippen LogP contribution in [0, 0.1) is 0 Å². The van der Waals surface area contributed by atoms with Gasteiger partial charge in [0.1, 0.15) is 12.4 Å². The number of rotatable bonds is 7. The lowest BCUT2D eigenvalue weighted by molar-refractivity contribution is 0.118. The zero-order chi connectivity index (χ0) is 17.7. The Bertz CT molecular complexity index is 438. The van der Waals surface area contributed by atoms with Crippen molar-refractivity contribution in [1.29, 1.82) is 0 Å². The van der Waals surface area contributed by atoms with Crippen LogP contribution in [0.5, 0.6) is 5.75 Å². The van der Waals surface area contributed by atoms with Crippen molar-refractivity contribution in [1.82, 2.24) is 10.2 Å². The van der Waals surface area contributed by atoms with Crippen LogP contribution in [0.15, 0.2) is 24.3 Å². The fraction of sp³-hybridized carbons (Fsp3) is 0.611. The van der Waals surface area contributed by atoms with E-state index in [-0.39, 0.29) is 6.04 Å². The van der Waals surface area contributed by atoms with E-state index >= 15 is 0 Å². The molecule has 132 valence electrons. The van der Waals surface area contributed by atoms with Gasteiger partial charge in [-0.1, -0.05) is 45.4 Å². The quantitative estimate of drug-likeness (QED) is 0.827. The van der Waals surface area contributed by atoms with E-state index in [0.29, 0.717) is 13.2 Å². The molecule has 1 atom stereocenters. The van der Waals surface area contributed by atoms with Crippen LogP contribution >= 0.6 is 0 Å². The normalized spacial score (nSPS) is 11.3. The number of methoxy groups -OCH3 is 1. The molecule has 0 aliphatic rings. The Morgan fingerprint density at radius 1 is 1.26 bits per heavy atom. The number of ether oxygens (including phenoxy) is 2. The lowest BCUT2D eigenvalue weighted by Gasteiger charge is -2.28. The summed E-state index contributed by atoms with van der Waals surface area (Å²) >= 11 is 0. The predicted molar refractivity (Wildman–Crippen MR) is 95.0 cm³/mol. The van der Waals surface area contributed by atoms with E-state index in [9.17, 15) is 4.79 Å². The van der Waals surface area contributed by atoms with Crippen molar-refractivity contribution in [2.24, 2.45) is 0 Å². The monoisotopic (exact) mass is 324 g/mol. The first kappa shape index (κ1) is 21.2. The fourth-order valence-corrected chi connectivity index (χ4v) is 2.16. The number of nitrogens with one attached hydrogen (secondary N) is 1. The number of hydrogen-bond acceptors (Lipinski definition) is 4. The molecule has 1 rings (SSSR count). The highest BCUT2D eigenvalue weighted by atomic mass is 16.5. The van der Waals surface area contributed by atoms with E-state index < -0.39 is 6.09 Å². The summed E-state index contributed by atoms with van der Waals surface area (Å²) in [5.74, 6) is 0.880. The van der Waals surface area contributed by atoms with Gasteiger partial charge in [0.15, 0.2) is 0 Å². The molecule has 0 aliphatic carbocycles. The highest BCUT2D eigenvalue weighted by molar-refractivity contribution is 5.66. The Balaban J connectivity index is 0.00000149. The van der Waals surface area contributed by atoms with Gasteiger partial charge in [-0.05, 0) is 19.5 Å². The molecule has 0 aromatic heterocycles. The van der Waals surface area contributed by atoms with Crippen LogP contribution in [-0.4, -0.2) is 44.8 Å². The van der Waals surface area contributed by atoms with E-state index in [1.807, 2.05) is 18.2 Å². The molecule has 0 saturated heterocycles. The molecule has 5 heteroatoms. The summed E-state index contributed by atoms with van der Waals surface area (Å²) in [7, 11) is 3.23. The number of carbonyl (C=O) groups is 1. The van der Waals surface area contributed by atoms with E-state index in [1.165, 1.54) is 6.42 Å². The molecule has 23 heavy (non-hydrogen) atoms.